The Bertz CT molecular complexity index is 1020. The second kappa shape index (κ2) is 8.08. The van der Waals surface area contributed by atoms with Crippen LogP contribution >= 0.6 is 0 Å². The number of ether oxygens (including phenoxy) is 1. The van der Waals surface area contributed by atoms with Crippen molar-refractivity contribution in [1.82, 2.24) is 14.8 Å². The third-order valence-corrected chi connectivity index (χ3v) is 3.82. The van der Waals surface area contributed by atoms with Crippen LogP contribution in [0.1, 0.15) is 15.9 Å². The lowest BCUT2D eigenvalue weighted by atomic mass is 10.2. The van der Waals surface area contributed by atoms with Crippen LogP contribution < -0.4 is 5.32 Å². The van der Waals surface area contributed by atoms with Gasteiger partial charge >= 0.3 is 5.97 Å². The Kier molecular flexibility index (Phi) is 5.40. The van der Waals surface area contributed by atoms with Crippen molar-refractivity contribution >= 4 is 23.3 Å². The molecule has 3 rings (SSSR count). The van der Waals surface area contributed by atoms with Crippen molar-refractivity contribution in [1.29, 1.82) is 0 Å². The summed E-state index contributed by atoms with van der Waals surface area (Å²) in [5.41, 5.74) is 1.86. The molecule has 0 atom stereocenters. The molecule has 1 amide bonds. The second-order valence-electron chi connectivity index (χ2n) is 5.77. The van der Waals surface area contributed by atoms with Gasteiger partial charge in [0.2, 0.25) is 0 Å². The largest absolute Gasteiger partial charge is 0.452 e. The third-order valence-electron chi connectivity index (χ3n) is 3.82. The van der Waals surface area contributed by atoms with Gasteiger partial charge in [-0.25, -0.2) is 14.5 Å². The van der Waals surface area contributed by atoms with Crippen LogP contribution in [-0.4, -0.2) is 38.2 Å². The molecular weight excluding hydrogens is 366 g/mol. The molecule has 10 heteroatoms. The van der Waals surface area contributed by atoms with Gasteiger partial charge in [0.15, 0.2) is 6.61 Å². The van der Waals surface area contributed by atoms with E-state index in [-0.39, 0.29) is 11.3 Å². The van der Waals surface area contributed by atoms with Gasteiger partial charge in [-0.3, -0.25) is 14.9 Å². The van der Waals surface area contributed by atoms with Crippen LogP contribution in [0, 0.1) is 17.0 Å². The molecule has 1 N–H and O–H groups in total. The first-order valence-electron chi connectivity index (χ1n) is 8.11. The fourth-order valence-corrected chi connectivity index (χ4v) is 2.39. The summed E-state index contributed by atoms with van der Waals surface area (Å²) in [6, 6.07) is 10.5. The molecule has 1 heterocycles. The number of rotatable bonds is 6. The smallest absolute Gasteiger partial charge is 0.338 e. The van der Waals surface area contributed by atoms with Crippen LogP contribution in [0.15, 0.2) is 55.1 Å². The van der Waals surface area contributed by atoms with E-state index in [2.05, 4.69) is 15.4 Å². The number of esters is 1. The fourth-order valence-electron chi connectivity index (χ4n) is 2.39. The van der Waals surface area contributed by atoms with Crippen molar-refractivity contribution in [2.24, 2.45) is 0 Å². The zero-order valence-corrected chi connectivity index (χ0v) is 14.7. The summed E-state index contributed by atoms with van der Waals surface area (Å²) in [5.74, 6) is -1.20. The SMILES string of the molecule is Cc1cc([N+](=O)[O-])ccc1NC(=O)COC(=O)c1ccc(-n2cncn2)cc1. The highest BCUT2D eigenvalue weighted by molar-refractivity contribution is 5.96. The lowest BCUT2D eigenvalue weighted by Crippen LogP contribution is -2.21. The van der Waals surface area contributed by atoms with E-state index in [0.29, 0.717) is 11.3 Å². The first-order chi connectivity index (χ1) is 13.4. The molecule has 0 bridgehead atoms. The lowest BCUT2D eigenvalue weighted by Gasteiger charge is -2.09. The zero-order chi connectivity index (χ0) is 20.1. The number of hydrogen-bond donors (Lipinski definition) is 1. The summed E-state index contributed by atoms with van der Waals surface area (Å²) in [5, 5.41) is 17.3. The maximum absolute atomic E-state index is 12.1. The monoisotopic (exact) mass is 381 g/mol. The molecule has 2 aromatic carbocycles. The van der Waals surface area contributed by atoms with Crippen molar-refractivity contribution in [2.75, 3.05) is 11.9 Å². The average Bonchev–Trinajstić information content (AvgIpc) is 3.22. The highest BCUT2D eigenvalue weighted by atomic mass is 16.6. The molecule has 28 heavy (non-hydrogen) atoms. The van der Waals surface area contributed by atoms with Crippen LogP contribution in [-0.2, 0) is 9.53 Å². The molecule has 0 radical (unpaired) electrons. The molecule has 0 spiro atoms. The Hall–Kier alpha value is -4.08. The molecule has 0 saturated heterocycles. The third kappa shape index (κ3) is 4.36. The number of anilines is 1. The van der Waals surface area contributed by atoms with E-state index in [1.165, 1.54) is 35.5 Å². The molecule has 0 aliphatic rings. The molecule has 3 aromatic rings. The van der Waals surface area contributed by atoms with E-state index in [0.717, 1.165) is 5.69 Å². The number of nitro groups is 1. The fraction of sp³-hybridized carbons (Fsp3) is 0.111. The number of hydrogen-bond acceptors (Lipinski definition) is 7. The first-order valence-corrected chi connectivity index (χ1v) is 8.11. The topological polar surface area (TPSA) is 129 Å². The van der Waals surface area contributed by atoms with Gasteiger partial charge < -0.3 is 10.1 Å². The number of carbonyl (C=O) groups excluding carboxylic acids is 2. The minimum absolute atomic E-state index is 0.0729. The van der Waals surface area contributed by atoms with Crippen LogP contribution in [0.2, 0.25) is 0 Å². The van der Waals surface area contributed by atoms with E-state index in [9.17, 15) is 19.7 Å². The second-order valence-corrected chi connectivity index (χ2v) is 5.77. The summed E-state index contributed by atoms with van der Waals surface area (Å²) in [6.07, 6.45) is 2.92. The summed E-state index contributed by atoms with van der Waals surface area (Å²) >= 11 is 0. The Labute approximate surface area is 158 Å². The van der Waals surface area contributed by atoms with Gasteiger partial charge in [-0.2, -0.15) is 5.10 Å². The van der Waals surface area contributed by atoms with Gasteiger partial charge in [-0.1, -0.05) is 0 Å². The number of carbonyl (C=O) groups is 2. The number of nitro benzene ring substituents is 1. The number of aromatic nitrogens is 3. The lowest BCUT2D eigenvalue weighted by molar-refractivity contribution is -0.384. The van der Waals surface area contributed by atoms with Crippen molar-refractivity contribution < 1.29 is 19.2 Å². The van der Waals surface area contributed by atoms with Gasteiger partial charge in [0, 0.05) is 17.8 Å². The zero-order valence-electron chi connectivity index (χ0n) is 14.7. The normalized spacial score (nSPS) is 10.3. The Morgan fingerprint density at radius 1 is 1.21 bits per heavy atom. The summed E-state index contributed by atoms with van der Waals surface area (Å²) in [6.45, 7) is 1.14. The van der Waals surface area contributed by atoms with Crippen LogP contribution in [0.5, 0.6) is 0 Å². The van der Waals surface area contributed by atoms with Gasteiger partial charge in [-0.05, 0) is 42.8 Å². The number of non-ortho nitro benzene ring substituents is 1. The number of nitrogens with zero attached hydrogens (tertiary/aromatic N) is 4. The quantitative estimate of drug-likeness (QED) is 0.394. The molecule has 1 aromatic heterocycles. The van der Waals surface area contributed by atoms with E-state index >= 15 is 0 Å². The summed E-state index contributed by atoms with van der Waals surface area (Å²) < 4.78 is 6.54. The highest BCUT2D eigenvalue weighted by Crippen LogP contribution is 2.21. The van der Waals surface area contributed by atoms with Crippen LogP contribution in [0.25, 0.3) is 5.69 Å². The average molecular weight is 381 g/mol. The van der Waals surface area contributed by atoms with E-state index in [4.69, 9.17) is 4.74 Å². The molecule has 0 saturated carbocycles. The summed E-state index contributed by atoms with van der Waals surface area (Å²) in [4.78, 5) is 38.1. The number of benzene rings is 2. The predicted molar refractivity (Wildman–Crippen MR) is 98.1 cm³/mol. The summed E-state index contributed by atoms with van der Waals surface area (Å²) in [7, 11) is 0. The number of aryl methyl sites for hydroxylation is 1. The molecule has 0 fully saturated rings. The van der Waals surface area contributed by atoms with Crippen LogP contribution in [0.3, 0.4) is 0 Å². The molecule has 0 unspecified atom stereocenters. The molecule has 10 nitrogen and oxygen atoms in total. The molecule has 142 valence electrons. The van der Waals surface area contributed by atoms with E-state index in [1.807, 2.05) is 0 Å². The Morgan fingerprint density at radius 2 is 1.96 bits per heavy atom. The van der Waals surface area contributed by atoms with Gasteiger partial charge in [-0.15, -0.1) is 0 Å². The van der Waals surface area contributed by atoms with Gasteiger partial charge in [0.05, 0.1) is 16.2 Å². The van der Waals surface area contributed by atoms with E-state index < -0.39 is 23.4 Å². The van der Waals surface area contributed by atoms with Crippen molar-refractivity contribution in [3.05, 3.63) is 76.4 Å². The number of amides is 1. The van der Waals surface area contributed by atoms with E-state index in [1.54, 1.807) is 31.2 Å². The predicted octanol–water partition coefficient (Wildman–Crippen LogP) is 2.28. The molecule has 0 aliphatic heterocycles. The standard InChI is InChI=1S/C18H15N5O5/c1-12-8-15(23(26)27)6-7-16(12)21-17(24)9-28-18(25)13-2-4-14(5-3-13)22-11-19-10-20-22/h2-8,10-11H,9H2,1H3,(H,21,24). The minimum atomic E-state index is -0.652. The number of nitrogens with one attached hydrogen (secondary N) is 1. The maximum Gasteiger partial charge on any atom is 0.338 e. The Morgan fingerprint density at radius 3 is 2.57 bits per heavy atom. The van der Waals surface area contributed by atoms with Gasteiger partial charge in [0.1, 0.15) is 12.7 Å². The first kappa shape index (κ1) is 18.7. The van der Waals surface area contributed by atoms with Crippen molar-refractivity contribution in [3.63, 3.8) is 0 Å². The van der Waals surface area contributed by atoms with Crippen molar-refractivity contribution in [2.45, 2.75) is 6.92 Å². The van der Waals surface area contributed by atoms with Gasteiger partial charge in [0.25, 0.3) is 11.6 Å². The Balaban J connectivity index is 1.55. The van der Waals surface area contributed by atoms with Crippen LogP contribution in [0.4, 0.5) is 11.4 Å². The minimum Gasteiger partial charge on any atom is -0.452 e. The molecular formula is C18H15N5O5. The highest BCUT2D eigenvalue weighted by Gasteiger charge is 2.13. The molecule has 0 aliphatic carbocycles. The van der Waals surface area contributed by atoms with Crippen molar-refractivity contribution in [3.8, 4) is 5.69 Å². The maximum atomic E-state index is 12.1.